The summed E-state index contributed by atoms with van der Waals surface area (Å²) < 4.78 is 16.8. The molecule has 2 aliphatic heterocycles. The lowest BCUT2D eigenvalue weighted by Crippen LogP contribution is -2.49. The van der Waals surface area contributed by atoms with Crippen molar-refractivity contribution in [3.63, 3.8) is 0 Å². The van der Waals surface area contributed by atoms with Gasteiger partial charge in [-0.15, -0.1) is 0 Å². The maximum atomic E-state index is 12.9. The van der Waals surface area contributed by atoms with Gasteiger partial charge >= 0.3 is 5.97 Å². The Balaban J connectivity index is 1.69. The second-order valence-electron chi connectivity index (χ2n) is 7.81. The molecule has 6 heteroatoms. The molecule has 1 aromatic rings. The minimum atomic E-state index is -0.545. The van der Waals surface area contributed by atoms with E-state index in [-0.39, 0.29) is 18.0 Å². The summed E-state index contributed by atoms with van der Waals surface area (Å²) in [6, 6.07) is 1.79. The van der Waals surface area contributed by atoms with E-state index in [1.165, 1.54) is 0 Å². The summed E-state index contributed by atoms with van der Waals surface area (Å²) in [5.41, 5.74) is 0.0719. The third kappa shape index (κ3) is 4.37. The summed E-state index contributed by atoms with van der Waals surface area (Å²) >= 11 is 0. The third-order valence-electron chi connectivity index (χ3n) is 5.88. The highest BCUT2D eigenvalue weighted by molar-refractivity contribution is 5.95. The Hall–Kier alpha value is -1.82. The summed E-state index contributed by atoms with van der Waals surface area (Å²) in [7, 11) is 0. The van der Waals surface area contributed by atoms with Gasteiger partial charge in [-0.25, -0.2) is 0 Å². The van der Waals surface area contributed by atoms with Crippen molar-refractivity contribution in [3.05, 3.63) is 23.2 Å². The van der Waals surface area contributed by atoms with Gasteiger partial charge in [-0.1, -0.05) is 0 Å². The Bertz CT molecular complexity index is 666. The number of nitrogens with zero attached hydrogens (tertiary/aromatic N) is 1. The van der Waals surface area contributed by atoms with Crippen LogP contribution in [0.1, 0.15) is 67.3 Å². The third-order valence-corrected chi connectivity index (χ3v) is 5.88. The molecule has 1 aromatic heterocycles. The predicted octanol–water partition coefficient (Wildman–Crippen LogP) is 3.64. The average molecular weight is 377 g/mol. The zero-order valence-corrected chi connectivity index (χ0v) is 16.7. The summed E-state index contributed by atoms with van der Waals surface area (Å²) in [5, 5.41) is 0. The molecule has 2 aliphatic rings. The van der Waals surface area contributed by atoms with E-state index in [0.717, 1.165) is 31.6 Å². The molecule has 0 radical (unpaired) electrons. The highest BCUT2D eigenvalue weighted by Crippen LogP contribution is 2.40. The van der Waals surface area contributed by atoms with E-state index in [0.29, 0.717) is 50.3 Å². The first-order chi connectivity index (χ1) is 12.9. The molecule has 0 aromatic carbocycles. The number of esters is 1. The molecule has 0 aliphatic carbocycles. The highest BCUT2D eigenvalue weighted by atomic mass is 16.5. The first-order valence-electron chi connectivity index (χ1n) is 10.1. The fraction of sp³-hybridized carbons (Fsp3) is 0.714. The molecule has 3 rings (SSSR count). The van der Waals surface area contributed by atoms with Crippen LogP contribution in [0.25, 0.3) is 0 Å². The standard InChI is InChI=1S/C21H31NO5/c1-4-25-20(24)21(14-17-7-5-6-12-26-17)8-10-22(11-9-21)19(23)18-13-15(2)27-16(18)3/h13,17H,4-12,14H2,1-3H3/t17-/m0/s1. The average Bonchev–Trinajstić information content (AvgIpc) is 3.01. The molecule has 6 nitrogen and oxygen atoms in total. The summed E-state index contributed by atoms with van der Waals surface area (Å²) in [6.45, 7) is 7.74. The van der Waals surface area contributed by atoms with Crippen LogP contribution in [0, 0.1) is 19.3 Å². The summed E-state index contributed by atoms with van der Waals surface area (Å²) in [6.07, 6.45) is 5.28. The Morgan fingerprint density at radius 3 is 2.56 bits per heavy atom. The number of carbonyl (C=O) groups excluding carboxylic acids is 2. The van der Waals surface area contributed by atoms with Crippen molar-refractivity contribution in [2.24, 2.45) is 5.41 Å². The smallest absolute Gasteiger partial charge is 0.312 e. The quantitative estimate of drug-likeness (QED) is 0.733. The number of ether oxygens (including phenoxy) is 2. The Morgan fingerprint density at radius 2 is 2.00 bits per heavy atom. The van der Waals surface area contributed by atoms with Gasteiger partial charge < -0.3 is 18.8 Å². The lowest BCUT2D eigenvalue weighted by atomic mass is 9.73. The van der Waals surface area contributed by atoms with Crippen molar-refractivity contribution < 1.29 is 23.5 Å². The molecule has 2 fully saturated rings. The summed E-state index contributed by atoms with van der Waals surface area (Å²) in [4.78, 5) is 27.5. The predicted molar refractivity (Wildman–Crippen MR) is 101 cm³/mol. The minimum absolute atomic E-state index is 0.0178. The van der Waals surface area contributed by atoms with Crippen molar-refractivity contribution >= 4 is 11.9 Å². The maximum absolute atomic E-state index is 12.9. The van der Waals surface area contributed by atoms with Crippen LogP contribution >= 0.6 is 0 Å². The molecule has 3 heterocycles. The van der Waals surface area contributed by atoms with E-state index in [2.05, 4.69) is 0 Å². The molecule has 2 saturated heterocycles. The highest BCUT2D eigenvalue weighted by Gasteiger charge is 2.45. The number of carbonyl (C=O) groups is 2. The van der Waals surface area contributed by atoms with Gasteiger partial charge in [0.1, 0.15) is 11.5 Å². The van der Waals surface area contributed by atoms with E-state index in [4.69, 9.17) is 13.9 Å². The molecule has 0 spiro atoms. The normalized spacial score (nSPS) is 22.5. The topological polar surface area (TPSA) is 69.0 Å². The second kappa shape index (κ2) is 8.46. The SMILES string of the molecule is CCOC(=O)C1(C[C@@H]2CCCCO2)CCN(C(=O)c2cc(C)oc2C)CC1. The molecular weight excluding hydrogens is 346 g/mol. The van der Waals surface area contributed by atoms with Gasteiger partial charge in [-0.2, -0.15) is 0 Å². The fourth-order valence-corrected chi connectivity index (χ4v) is 4.33. The van der Waals surface area contributed by atoms with Gasteiger partial charge in [0.15, 0.2) is 0 Å². The van der Waals surface area contributed by atoms with Crippen LogP contribution in [0.15, 0.2) is 10.5 Å². The molecule has 0 unspecified atom stereocenters. The van der Waals surface area contributed by atoms with E-state index < -0.39 is 5.41 Å². The number of hydrogen-bond acceptors (Lipinski definition) is 5. The number of furan rings is 1. The number of rotatable bonds is 5. The Labute approximate surface area is 161 Å². The van der Waals surface area contributed by atoms with Crippen molar-refractivity contribution in [1.29, 1.82) is 0 Å². The second-order valence-corrected chi connectivity index (χ2v) is 7.81. The van der Waals surface area contributed by atoms with Gasteiger partial charge in [-0.3, -0.25) is 9.59 Å². The number of likely N-dealkylation sites (tertiary alicyclic amines) is 1. The van der Waals surface area contributed by atoms with E-state index in [1.807, 2.05) is 25.7 Å². The van der Waals surface area contributed by atoms with Crippen LogP contribution in [0.5, 0.6) is 0 Å². The van der Waals surface area contributed by atoms with E-state index >= 15 is 0 Å². The number of amides is 1. The molecule has 27 heavy (non-hydrogen) atoms. The zero-order valence-electron chi connectivity index (χ0n) is 16.7. The van der Waals surface area contributed by atoms with Crippen LogP contribution in [0.4, 0.5) is 0 Å². The number of aryl methyl sites for hydroxylation is 2. The maximum Gasteiger partial charge on any atom is 0.312 e. The molecule has 0 bridgehead atoms. The molecule has 1 amide bonds. The monoisotopic (exact) mass is 377 g/mol. The lowest BCUT2D eigenvalue weighted by Gasteiger charge is -2.42. The van der Waals surface area contributed by atoms with Crippen molar-refractivity contribution in [1.82, 2.24) is 4.90 Å². The van der Waals surface area contributed by atoms with E-state index in [1.54, 1.807) is 6.07 Å². The molecule has 150 valence electrons. The van der Waals surface area contributed by atoms with Crippen molar-refractivity contribution in [2.45, 2.75) is 65.4 Å². The van der Waals surface area contributed by atoms with Crippen LogP contribution in [0.2, 0.25) is 0 Å². The number of hydrogen-bond donors (Lipinski definition) is 0. The molecule has 1 atom stereocenters. The van der Waals surface area contributed by atoms with E-state index in [9.17, 15) is 9.59 Å². The molecular formula is C21H31NO5. The molecule has 0 N–H and O–H groups in total. The van der Waals surface area contributed by atoms with Gasteiger partial charge in [-0.05, 0) is 65.4 Å². The van der Waals surface area contributed by atoms with Crippen LogP contribution in [-0.4, -0.2) is 49.2 Å². The van der Waals surface area contributed by atoms with Crippen LogP contribution < -0.4 is 0 Å². The largest absolute Gasteiger partial charge is 0.466 e. The first kappa shape index (κ1) is 19.9. The Morgan fingerprint density at radius 1 is 1.26 bits per heavy atom. The Kier molecular flexibility index (Phi) is 6.25. The molecule has 0 saturated carbocycles. The van der Waals surface area contributed by atoms with Crippen molar-refractivity contribution in [3.8, 4) is 0 Å². The van der Waals surface area contributed by atoms with Gasteiger partial charge in [0.25, 0.3) is 5.91 Å². The van der Waals surface area contributed by atoms with Crippen LogP contribution in [-0.2, 0) is 14.3 Å². The zero-order chi connectivity index (χ0) is 19.4. The summed E-state index contributed by atoms with van der Waals surface area (Å²) in [5.74, 6) is 1.23. The van der Waals surface area contributed by atoms with Gasteiger partial charge in [0, 0.05) is 19.7 Å². The van der Waals surface area contributed by atoms with Gasteiger partial charge in [0.05, 0.1) is 23.7 Å². The number of piperidine rings is 1. The fourth-order valence-electron chi connectivity index (χ4n) is 4.33. The van der Waals surface area contributed by atoms with Crippen molar-refractivity contribution in [2.75, 3.05) is 26.3 Å². The van der Waals surface area contributed by atoms with Crippen LogP contribution in [0.3, 0.4) is 0 Å². The lowest BCUT2D eigenvalue weighted by molar-refractivity contribution is -0.162. The minimum Gasteiger partial charge on any atom is -0.466 e. The van der Waals surface area contributed by atoms with Gasteiger partial charge in [0.2, 0.25) is 0 Å². The first-order valence-corrected chi connectivity index (χ1v) is 10.1.